The Balaban J connectivity index is 1.84. The third-order valence-corrected chi connectivity index (χ3v) is 5.15. The Morgan fingerprint density at radius 1 is 0.786 bits per heavy atom. The van der Waals surface area contributed by atoms with Crippen molar-refractivity contribution in [2.75, 3.05) is 11.9 Å². The molecule has 28 heavy (non-hydrogen) atoms. The Hall–Kier alpha value is -1.77. The third kappa shape index (κ3) is 13.4. The van der Waals surface area contributed by atoms with Crippen molar-refractivity contribution in [2.24, 2.45) is 0 Å². The van der Waals surface area contributed by atoms with E-state index in [9.17, 15) is 4.79 Å². The zero-order valence-electron chi connectivity index (χ0n) is 17.9. The van der Waals surface area contributed by atoms with Gasteiger partial charge in [0.2, 0.25) is 0 Å². The topological polar surface area (TPSA) is 49.3 Å². The Kier molecular flexibility index (Phi) is 15.0. The summed E-state index contributed by atoms with van der Waals surface area (Å²) in [6.45, 7) is 3.22. The summed E-state index contributed by atoms with van der Waals surface area (Å²) in [5.74, 6) is -0.875. The highest BCUT2D eigenvalue weighted by Crippen LogP contribution is 2.12. The van der Waals surface area contributed by atoms with Crippen molar-refractivity contribution in [3.8, 4) is 0 Å². The van der Waals surface area contributed by atoms with Crippen LogP contribution in [0.2, 0.25) is 0 Å². The van der Waals surface area contributed by atoms with E-state index < -0.39 is 5.97 Å². The molecule has 0 radical (unpaired) electrons. The smallest absolute Gasteiger partial charge is 0.335 e. The first kappa shape index (κ1) is 24.3. The van der Waals surface area contributed by atoms with Crippen LogP contribution in [0.5, 0.6) is 0 Å². The second-order valence-corrected chi connectivity index (χ2v) is 7.75. The maximum Gasteiger partial charge on any atom is 0.335 e. The average molecular weight is 388 g/mol. The summed E-state index contributed by atoms with van der Waals surface area (Å²) in [4.78, 5) is 10.8. The quantitative estimate of drug-likeness (QED) is 0.199. The molecule has 0 amide bonds. The maximum absolute atomic E-state index is 10.8. The number of nitrogens with one attached hydrogen (secondary N) is 1. The van der Waals surface area contributed by atoms with Gasteiger partial charge in [0.1, 0.15) is 0 Å². The summed E-state index contributed by atoms with van der Waals surface area (Å²) in [5.41, 5.74) is 1.33. The van der Waals surface area contributed by atoms with Crippen LogP contribution >= 0.6 is 0 Å². The number of anilines is 1. The number of carbonyl (C=O) groups is 1. The second kappa shape index (κ2) is 17.3. The monoisotopic (exact) mass is 387 g/mol. The molecule has 0 saturated heterocycles. The molecule has 0 atom stereocenters. The molecule has 1 aromatic carbocycles. The number of allylic oxidation sites excluding steroid dienone is 2. The lowest BCUT2D eigenvalue weighted by atomic mass is 10.1. The average Bonchev–Trinajstić information content (AvgIpc) is 2.70. The van der Waals surface area contributed by atoms with Crippen molar-refractivity contribution in [1.29, 1.82) is 0 Å². The first-order chi connectivity index (χ1) is 13.7. The van der Waals surface area contributed by atoms with Gasteiger partial charge in [-0.1, -0.05) is 76.9 Å². The number of unbranched alkanes of at least 4 members (excludes halogenated alkanes) is 12. The molecule has 0 saturated carbocycles. The summed E-state index contributed by atoms with van der Waals surface area (Å²) in [6, 6.07) is 6.96. The number of carboxylic acid groups (broad SMARTS) is 1. The summed E-state index contributed by atoms with van der Waals surface area (Å²) >= 11 is 0. The van der Waals surface area contributed by atoms with Crippen LogP contribution in [0, 0.1) is 0 Å². The molecule has 0 aromatic heterocycles. The van der Waals surface area contributed by atoms with Crippen molar-refractivity contribution in [2.45, 2.75) is 96.8 Å². The number of rotatable bonds is 18. The van der Waals surface area contributed by atoms with E-state index in [1.165, 1.54) is 89.9 Å². The molecule has 3 nitrogen and oxygen atoms in total. The van der Waals surface area contributed by atoms with E-state index in [1.54, 1.807) is 12.1 Å². The minimum atomic E-state index is -0.875. The standard InChI is InChI=1S/C25H41NO2/c1-2-3-4-5-6-7-8-9-10-11-12-13-14-15-16-17-22-26-24-20-18-23(19-21-24)25(27)28/h9-10,18-21,26H,2-8,11-17,22H2,1H3,(H,27,28). The van der Waals surface area contributed by atoms with Gasteiger partial charge in [0.15, 0.2) is 0 Å². The van der Waals surface area contributed by atoms with E-state index in [-0.39, 0.29) is 0 Å². The molecule has 0 aliphatic carbocycles. The lowest BCUT2D eigenvalue weighted by Crippen LogP contribution is -2.02. The summed E-state index contributed by atoms with van der Waals surface area (Å²) < 4.78 is 0. The Morgan fingerprint density at radius 3 is 1.82 bits per heavy atom. The van der Waals surface area contributed by atoms with Crippen LogP contribution in [-0.2, 0) is 0 Å². The van der Waals surface area contributed by atoms with Crippen molar-refractivity contribution >= 4 is 11.7 Å². The van der Waals surface area contributed by atoms with Crippen LogP contribution in [0.15, 0.2) is 36.4 Å². The first-order valence-corrected chi connectivity index (χ1v) is 11.5. The molecule has 0 unspecified atom stereocenters. The van der Waals surface area contributed by atoms with Gasteiger partial charge in [-0.3, -0.25) is 0 Å². The normalized spacial score (nSPS) is 11.2. The molecular formula is C25H41NO2. The number of carboxylic acids is 1. The lowest BCUT2D eigenvalue weighted by molar-refractivity contribution is 0.0697. The van der Waals surface area contributed by atoms with Crippen molar-refractivity contribution < 1.29 is 9.90 Å². The van der Waals surface area contributed by atoms with Crippen LogP contribution in [0.4, 0.5) is 5.69 Å². The minimum Gasteiger partial charge on any atom is -0.478 e. The number of aromatic carboxylic acids is 1. The fraction of sp³-hybridized carbons (Fsp3) is 0.640. The molecule has 0 aliphatic rings. The predicted octanol–water partition coefficient (Wildman–Crippen LogP) is 7.83. The van der Waals surface area contributed by atoms with Crippen molar-refractivity contribution in [3.63, 3.8) is 0 Å². The summed E-state index contributed by atoms with van der Waals surface area (Å²) in [6.07, 6.45) is 23.3. The van der Waals surface area contributed by atoms with E-state index in [0.717, 1.165) is 12.2 Å². The second-order valence-electron chi connectivity index (χ2n) is 7.75. The van der Waals surface area contributed by atoms with E-state index >= 15 is 0 Å². The predicted molar refractivity (Wildman–Crippen MR) is 121 cm³/mol. The molecular weight excluding hydrogens is 346 g/mol. The van der Waals surface area contributed by atoms with Gasteiger partial charge in [0.05, 0.1) is 5.56 Å². The Labute approximate surface area is 172 Å². The first-order valence-electron chi connectivity index (χ1n) is 11.5. The molecule has 1 aromatic rings. The van der Waals surface area contributed by atoms with E-state index in [4.69, 9.17) is 5.11 Å². The van der Waals surface area contributed by atoms with Gasteiger partial charge >= 0.3 is 5.97 Å². The van der Waals surface area contributed by atoms with Crippen LogP contribution < -0.4 is 5.32 Å². The van der Waals surface area contributed by atoms with E-state index in [1.807, 2.05) is 12.1 Å². The fourth-order valence-corrected chi connectivity index (χ4v) is 3.34. The van der Waals surface area contributed by atoms with Gasteiger partial charge in [-0.25, -0.2) is 4.79 Å². The molecule has 2 N–H and O–H groups in total. The van der Waals surface area contributed by atoms with Crippen LogP contribution in [0.1, 0.15) is 107 Å². The summed E-state index contributed by atoms with van der Waals surface area (Å²) in [7, 11) is 0. The molecule has 0 heterocycles. The Morgan fingerprint density at radius 2 is 1.29 bits per heavy atom. The molecule has 0 fully saturated rings. The Bertz CT molecular complexity index is 522. The number of hydrogen-bond donors (Lipinski definition) is 2. The minimum absolute atomic E-state index is 0.336. The zero-order valence-corrected chi connectivity index (χ0v) is 17.9. The number of hydrogen-bond acceptors (Lipinski definition) is 2. The maximum atomic E-state index is 10.8. The van der Waals surface area contributed by atoms with E-state index in [0.29, 0.717) is 5.56 Å². The summed E-state index contributed by atoms with van der Waals surface area (Å²) in [5, 5.41) is 12.2. The van der Waals surface area contributed by atoms with Gasteiger partial charge in [0, 0.05) is 12.2 Å². The van der Waals surface area contributed by atoms with Gasteiger partial charge in [-0.15, -0.1) is 0 Å². The largest absolute Gasteiger partial charge is 0.478 e. The highest BCUT2D eigenvalue weighted by molar-refractivity contribution is 5.87. The highest BCUT2D eigenvalue weighted by Gasteiger charge is 2.01. The number of benzene rings is 1. The van der Waals surface area contributed by atoms with Crippen molar-refractivity contribution in [1.82, 2.24) is 0 Å². The molecule has 0 aliphatic heterocycles. The molecule has 0 spiro atoms. The molecule has 3 heteroatoms. The van der Waals surface area contributed by atoms with Crippen molar-refractivity contribution in [3.05, 3.63) is 42.0 Å². The van der Waals surface area contributed by atoms with Crippen LogP contribution in [0.25, 0.3) is 0 Å². The third-order valence-electron chi connectivity index (χ3n) is 5.15. The molecule has 158 valence electrons. The zero-order chi connectivity index (χ0) is 20.3. The van der Waals surface area contributed by atoms with Crippen LogP contribution in [0.3, 0.4) is 0 Å². The fourth-order valence-electron chi connectivity index (χ4n) is 3.34. The van der Waals surface area contributed by atoms with Gasteiger partial charge in [0.25, 0.3) is 0 Å². The van der Waals surface area contributed by atoms with Gasteiger partial charge in [-0.2, -0.15) is 0 Å². The lowest BCUT2D eigenvalue weighted by Gasteiger charge is -2.06. The van der Waals surface area contributed by atoms with Crippen LogP contribution in [-0.4, -0.2) is 17.6 Å². The van der Waals surface area contributed by atoms with Gasteiger partial charge < -0.3 is 10.4 Å². The molecule has 0 bridgehead atoms. The SMILES string of the molecule is CCCCCCCCC=CCCCCCCCCNc1ccc(C(=O)O)cc1. The van der Waals surface area contributed by atoms with Gasteiger partial charge in [-0.05, 0) is 56.4 Å². The highest BCUT2D eigenvalue weighted by atomic mass is 16.4. The molecule has 1 rings (SSSR count). The van der Waals surface area contributed by atoms with E-state index in [2.05, 4.69) is 24.4 Å².